The Hall–Kier alpha value is -0.680. The molecule has 23 heavy (non-hydrogen) atoms. The number of hydrogen-bond donors (Lipinski definition) is 0. The van der Waals surface area contributed by atoms with Gasteiger partial charge in [0.1, 0.15) is 5.75 Å². The summed E-state index contributed by atoms with van der Waals surface area (Å²) in [6.45, 7) is 0. The van der Waals surface area contributed by atoms with Gasteiger partial charge in [-0.1, -0.05) is 6.07 Å². The van der Waals surface area contributed by atoms with Crippen LogP contribution in [0.3, 0.4) is 0 Å². The fourth-order valence-corrected chi connectivity index (χ4v) is 5.39. The molecule has 1 amide bonds. The molecule has 126 valence electrons. The molecule has 2 saturated heterocycles. The first kappa shape index (κ1) is 17.2. The molecule has 2 atom stereocenters. The summed E-state index contributed by atoms with van der Waals surface area (Å²) in [5.41, 5.74) is 1.18. The quantitative estimate of drug-likeness (QED) is 0.742. The number of rotatable bonds is 5. The monoisotopic (exact) mass is 397 g/mol. The van der Waals surface area contributed by atoms with Gasteiger partial charge in [-0.15, -0.1) is 0 Å². The predicted molar refractivity (Wildman–Crippen MR) is 99.2 cm³/mol. The third kappa shape index (κ3) is 3.71. The topological polar surface area (TPSA) is 29.5 Å². The fraction of sp³-hybridized carbons (Fsp3) is 0.611. The second-order valence-electron chi connectivity index (χ2n) is 6.48. The van der Waals surface area contributed by atoms with Gasteiger partial charge in [0.05, 0.1) is 11.6 Å². The number of piperidine rings is 1. The number of benzene rings is 1. The van der Waals surface area contributed by atoms with Crippen LogP contribution in [0, 0.1) is 0 Å². The van der Waals surface area contributed by atoms with Crippen molar-refractivity contribution in [1.29, 1.82) is 0 Å². The van der Waals surface area contributed by atoms with E-state index in [1.807, 2.05) is 23.9 Å². The molecule has 5 heteroatoms. The summed E-state index contributed by atoms with van der Waals surface area (Å²) in [5, 5.41) is 0.745. The van der Waals surface area contributed by atoms with E-state index in [1.165, 1.54) is 31.2 Å². The van der Waals surface area contributed by atoms with Crippen LogP contribution in [0.1, 0.15) is 37.7 Å². The zero-order valence-corrected chi connectivity index (χ0v) is 16.2. The Labute approximate surface area is 151 Å². The first-order valence-electron chi connectivity index (χ1n) is 8.28. The van der Waals surface area contributed by atoms with Gasteiger partial charge >= 0.3 is 0 Å². The molecule has 3 rings (SSSR count). The number of amides is 1. The van der Waals surface area contributed by atoms with E-state index in [0.29, 0.717) is 24.4 Å². The average Bonchev–Trinajstić information content (AvgIpc) is 2.83. The zero-order valence-electron chi connectivity index (χ0n) is 13.8. The van der Waals surface area contributed by atoms with Crippen molar-refractivity contribution in [3.05, 3.63) is 28.2 Å². The largest absolute Gasteiger partial charge is 0.496 e. The summed E-state index contributed by atoms with van der Waals surface area (Å²) in [4.78, 5) is 14.9. The molecule has 2 aliphatic rings. The lowest BCUT2D eigenvalue weighted by Gasteiger charge is -2.38. The number of aryl methyl sites for hydroxylation is 1. The standard InChI is InChI=1S/C18H24BrNO2S/c1-22-17-7-3-12(9-16(17)19)4-8-18(21)20-13-5-6-14(20)11-15(10-13)23-2/h3,7,9,13-15H,4-6,8,10-11H2,1-2H3/t13-,14-/m0/s1. The molecule has 2 fully saturated rings. The van der Waals surface area contributed by atoms with Crippen LogP contribution in [0.25, 0.3) is 0 Å². The van der Waals surface area contributed by atoms with Crippen molar-refractivity contribution < 1.29 is 9.53 Å². The van der Waals surface area contributed by atoms with Gasteiger partial charge in [0.15, 0.2) is 0 Å². The second-order valence-corrected chi connectivity index (χ2v) is 8.48. The maximum Gasteiger partial charge on any atom is 0.223 e. The third-order valence-corrected chi connectivity index (χ3v) is 6.83. The summed E-state index contributed by atoms with van der Waals surface area (Å²) in [7, 11) is 1.66. The van der Waals surface area contributed by atoms with E-state index in [2.05, 4.69) is 33.2 Å². The van der Waals surface area contributed by atoms with Gasteiger partial charge in [0.25, 0.3) is 0 Å². The lowest BCUT2D eigenvalue weighted by Crippen LogP contribution is -2.47. The van der Waals surface area contributed by atoms with E-state index in [-0.39, 0.29) is 0 Å². The molecule has 0 radical (unpaired) electrons. The van der Waals surface area contributed by atoms with Crippen molar-refractivity contribution >= 4 is 33.6 Å². The molecular formula is C18H24BrNO2S. The molecule has 0 N–H and O–H groups in total. The molecule has 0 unspecified atom stereocenters. The normalized spacial score (nSPS) is 26.4. The molecule has 2 heterocycles. The van der Waals surface area contributed by atoms with Crippen LogP contribution < -0.4 is 4.74 Å². The molecule has 0 aromatic heterocycles. The van der Waals surface area contributed by atoms with Crippen molar-refractivity contribution in [3.8, 4) is 5.75 Å². The molecular weight excluding hydrogens is 374 g/mol. The van der Waals surface area contributed by atoms with Crippen LogP contribution in [0.2, 0.25) is 0 Å². The van der Waals surface area contributed by atoms with Gasteiger partial charge in [-0.3, -0.25) is 4.79 Å². The van der Waals surface area contributed by atoms with Gasteiger partial charge in [-0.2, -0.15) is 11.8 Å². The Morgan fingerprint density at radius 1 is 1.35 bits per heavy atom. The number of halogens is 1. The second kappa shape index (κ2) is 7.47. The third-order valence-electron chi connectivity index (χ3n) is 5.15. The summed E-state index contributed by atoms with van der Waals surface area (Å²) < 4.78 is 6.20. The van der Waals surface area contributed by atoms with Crippen LogP contribution in [-0.2, 0) is 11.2 Å². The number of fused-ring (bicyclic) bond motifs is 2. The van der Waals surface area contributed by atoms with Crippen LogP contribution >= 0.6 is 27.7 Å². The molecule has 3 nitrogen and oxygen atoms in total. The van der Waals surface area contributed by atoms with Crippen LogP contribution in [0.5, 0.6) is 5.75 Å². The highest BCUT2D eigenvalue weighted by Crippen LogP contribution is 2.40. The van der Waals surface area contributed by atoms with Gasteiger partial charge in [0.2, 0.25) is 5.91 Å². The fourth-order valence-electron chi connectivity index (χ4n) is 3.97. The average molecular weight is 398 g/mol. The molecule has 2 bridgehead atoms. The molecule has 0 spiro atoms. The Morgan fingerprint density at radius 2 is 2.04 bits per heavy atom. The van der Waals surface area contributed by atoms with Crippen molar-refractivity contribution in [2.45, 2.75) is 55.9 Å². The van der Waals surface area contributed by atoms with E-state index >= 15 is 0 Å². The summed E-state index contributed by atoms with van der Waals surface area (Å²) in [6, 6.07) is 7.03. The Bertz CT molecular complexity index is 566. The first-order valence-corrected chi connectivity index (χ1v) is 10.4. The maximum absolute atomic E-state index is 12.7. The zero-order chi connectivity index (χ0) is 16.4. The van der Waals surface area contributed by atoms with Gasteiger partial charge in [-0.25, -0.2) is 0 Å². The van der Waals surface area contributed by atoms with Crippen molar-refractivity contribution in [1.82, 2.24) is 4.90 Å². The Morgan fingerprint density at radius 3 is 2.61 bits per heavy atom. The minimum atomic E-state index is 0.337. The number of methoxy groups -OCH3 is 1. The smallest absolute Gasteiger partial charge is 0.223 e. The summed E-state index contributed by atoms with van der Waals surface area (Å²) in [6.07, 6.45) is 8.35. The Balaban J connectivity index is 1.59. The van der Waals surface area contributed by atoms with E-state index in [0.717, 1.165) is 21.9 Å². The minimum absolute atomic E-state index is 0.337. The molecule has 2 aliphatic heterocycles. The maximum atomic E-state index is 12.7. The van der Waals surface area contributed by atoms with Crippen molar-refractivity contribution in [2.24, 2.45) is 0 Å². The summed E-state index contributed by atoms with van der Waals surface area (Å²) >= 11 is 5.48. The molecule has 0 saturated carbocycles. The van der Waals surface area contributed by atoms with E-state index in [4.69, 9.17) is 4.74 Å². The lowest BCUT2D eigenvalue weighted by molar-refractivity contribution is -0.135. The number of hydrogen-bond acceptors (Lipinski definition) is 3. The lowest BCUT2D eigenvalue weighted by atomic mass is 10.0. The number of carbonyl (C=O) groups is 1. The molecule has 0 aliphatic carbocycles. The highest BCUT2D eigenvalue weighted by Gasteiger charge is 2.42. The SMILES string of the molecule is COc1ccc(CCC(=O)N2[C@H]3CC[C@H]2CC(SC)C3)cc1Br. The molecule has 1 aromatic carbocycles. The predicted octanol–water partition coefficient (Wildman–Crippen LogP) is 4.28. The number of ether oxygens (including phenoxy) is 1. The van der Waals surface area contributed by atoms with Gasteiger partial charge < -0.3 is 9.64 Å². The van der Waals surface area contributed by atoms with Crippen LogP contribution in [0.4, 0.5) is 0 Å². The van der Waals surface area contributed by atoms with Crippen molar-refractivity contribution in [3.63, 3.8) is 0 Å². The number of carbonyl (C=O) groups excluding carboxylic acids is 1. The van der Waals surface area contributed by atoms with Crippen LogP contribution in [-0.4, -0.2) is 41.5 Å². The first-order chi connectivity index (χ1) is 11.1. The molecule has 1 aromatic rings. The van der Waals surface area contributed by atoms with Crippen molar-refractivity contribution in [2.75, 3.05) is 13.4 Å². The van der Waals surface area contributed by atoms with Crippen LogP contribution in [0.15, 0.2) is 22.7 Å². The number of thioether (sulfide) groups is 1. The van der Waals surface area contributed by atoms with Gasteiger partial charge in [0, 0.05) is 23.8 Å². The number of nitrogens with zero attached hydrogens (tertiary/aromatic N) is 1. The highest BCUT2D eigenvalue weighted by molar-refractivity contribution is 9.10. The summed E-state index contributed by atoms with van der Waals surface area (Å²) in [5.74, 6) is 1.17. The minimum Gasteiger partial charge on any atom is -0.496 e. The van der Waals surface area contributed by atoms with E-state index < -0.39 is 0 Å². The van der Waals surface area contributed by atoms with Gasteiger partial charge in [-0.05, 0) is 72.0 Å². The Kier molecular flexibility index (Phi) is 5.57. The van der Waals surface area contributed by atoms with E-state index in [1.54, 1.807) is 7.11 Å². The van der Waals surface area contributed by atoms with E-state index in [9.17, 15) is 4.79 Å². The highest BCUT2D eigenvalue weighted by atomic mass is 79.9.